The molecule has 0 bridgehead atoms. The first kappa shape index (κ1) is 12.8. The van der Waals surface area contributed by atoms with Crippen LogP contribution in [0.3, 0.4) is 0 Å². The average Bonchev–Trinajstić information content (AvgIpc) is 2.83. The molecule has 2 rings (SSSR count). The molecule has 0 aliphatic rings. The van der Waals surface area contributed by atoms with Crippen LogP contribution in [-0.4, -0.2) is 21.6 Å². The molecule has 0 aliphatic heterocycles. The van der Waals surface area contributed by atoms with Crippen molar-refractivity contribution in [1.29, 1.82) is 0 Å². The number of aryl methyl sites for hydroxylation is 2. The molecule has 1 atom stereocenters. The van der Waals surface area contributed by atoms with Crippen LogP contribution >= 0.6 is 0 Å². The van der Waals surface area contributed by atoms with Crippen LogP contribution in [0, 0.1) is 0 Å². The van der Waals surface area contributed by atoms with E-state index in [9.17, 15) is 0 Å². The predicted octanol–water partition coefficient (Wildman–Crippen LogP) is 1.88. The Balaban J connectivity index is 2.13. The lowest BCUT2D eigenvalue weighted by Crippen LogP contribution is -2.22. The molecule has 2 aromatic rings. The van der Waals surface area contributed by atoms with Gasteiger partial charge in [-0.2, -0.15) is 0 Å². The Morgan fingerprint density at radius 2 is 2.17 bits per heavy atom. The minimum absolute atomic E-state index is 0.199. The molecule has 96 valence electrons. The molecule has 0 saturated heterocycles. The number of likely N-dealkylation sites (N-methyl/N-ethyl adjacent to an activating group) is 1. The second-order valence-corrected chi connectivity index (χ2v) is 4.45. The Labute approximate surface area is 108 Å². The van der Waals surface area contributed by atoms with Gasteiger partial charge < -0.3 is 9.88 Å². The van der Waals surface area contributed by atoms with E-state index in [1.165, 1.54) is 5.56 Å². The molecule has 0 amide bonds. The summed E-state index contributed by atoms with van der Waals surface area (Å²) in [6, 6.07) is 4.45. The zero-order valence-corrected chi connectivity index (χ0v) is 11.2. The monoisotopic (exact) mass is 244 g/mol. The summed E-state index contributed by atoms with van der Waals surface area (Å²) < 4.78 is 2.04. The highest BCUT2D eigenvalue weighted by molar-refractivity contribution is 5.16. The molecule has 0 aromatic carbocycles. The van der Waals surface area contributed by atoms with Crippen molar-refractivity contribution in [3.05, 3.63) is 47.8 Å². The van der Waals surface area contributed by atoms with E-state index >= 15 is 0 Å². The highest BCUT2D eigenvalue weighted by Gasteiger charge is 2.14. The van der Waals surface area contributed by atoms with E-state index < -0.39 is 0 Å². The molecule has 1 N–H and O–H groups in total. The molecule has 4 nitrogen and oxygen atoms in total. The maximum atomic E-state index is 4.50. The van der Waals surface area contributed by atoms with Crippen LogP contribution in [0.25, 0.3) is 0 Å². The van der Waals surface area contributed by atoms with E-state index in [0.29, 0.717) is 0 Å². The molecule has 4 heteroatoms. The fourth-order valence-electron chi connectivity index (χ4n) is 2.03. The van der Waals surface area contributed by atoms with Gasteiger partial charge in [0.2, 0.25) is 0 Å². The van der Waals surface area contributed by atoms with Crippen molar-refractivity contribution >= 4 is 0 Å². The third-order valence-electron chi connectivity index (χ3n) is 3.23. The number of imidazole rings is 1. The molecule has 0 aliphatic carbocycles. The van der Waals surface area contributed by atoms with Gasteiger partial charge in [-0.05, 0) is 25.1 Å². The maximum absolute atomic E-state index is 4.50. The van der Waals surface area contributed by atoms with Crippen molar-refractivity contribution in [2.24, 2.45) is 7.05 Å². The summed E-state index contributed by atoms with van der Waals surface area (Å²) in [5, 5.41) is 3.30. The number of rotatable bonds is 5. The minimum Gasteiger partial charge on any atom is -0.337 e. The van der Waals surface area contributed by atoms with Crippen LogP contribution in [0.5, 0.6) is 0 Å². The largest absolute Gasteiger partial charge is 0.337 e. The van der Waals surface area contributed by atoms with Crippen molar-refractivity contribution in [1.82, 2.24) is 19.9 Å². The fraction of sp³-hybridized carbons (Fsp3) is 0.429. The van der Waals surface area contributed by atoms with Gasteiger partial charge in [0.25, 0.3) is 0 Å². The smallest absolute Gasteiger partial charge is 0.125 e. The average molecular weight is 244 g/mol. The summed E-state index contributed by atoms with van der Waals surface area (Å²) >= 11 is 0. The van der Waals surface area contributed by atoms with E-state index in [0.717, 1.165) is 24.4 Å². The number of pyridine rings is 1. The highest BCUT2D eigenvalue weighted by atomic mass is 15.1. The lowest BCUT2D eigenvalue weighted by atomic mass is 10.1. The number of aromatic nitrogens is 3. The Bertz CT molecular complexity index is 487. The van der Waals surface area contributed by atoms with Crippen molar-refractivity contribution in [2.45, 2.75) is 25.8 Å². The van der Waals surface area contributed by atoms with E-state index in [2.05, 4.69) is 34.3 Å². The van der Waals surface area contributed by atoms with Crippen LogP contribution in [0.1, 0.15) is 30.0 Å². The van der Waals surface area contributed by atoms with Crippen LogP contribution in [0.2, 0.25) is 0 Å². The van der Waals surface area contributed by atoms with E-state index in [1.54, 1.807) is 0 Å². The van der Waals surface area contributed by atoms with Gasteiger partial charge in [-0.3, -0.25) is 4.98 Å². The first-order valence-corrected chi connectivity index (χ1v) is 6.33. The van der Waals surface area contributed by atoms with Gasteiger partial charge in [-0.15, -0.1) is 0 Å². The summed E-state index contributed by atoms with van der Waals surface area (Å²) in [4.78, 5) is 8.89. The maximum Gasteiger partial charge on any atom is 0.125 e. The SMILES string of the molecule is CCc1ccc(CC(NC)c2nccn2C)nc1. The third-order valence-corrected chi connectivity index (χ3v) is 3.23. The lowest BCUT2D eigenvalue weighted by Gasteiger charge is -2.15. The van der Waals surface area contributed by atoms with Crippen molar-refractivity contribution in [3.63, 3.8) is 0 Å². The molecule has 1 unspecified atom stereocenters. The molecule has 2 aromatic heterocycles. The van der Waals surface area contributed by atoms with Crippen LogP contribution in [-0.2, 0) is 19.9 Å². The van der Waals surface area contributed by atoms with Gasteiger partial charge in [0, 0.05) is 37.8 Å². The second kappa shape index (κ2) is 5.78. The van der Waals surface area contributed by atoms with Gasteiger partial charge in [0.05, 0.1) is 6.04 Å². The van der Waals surface area contributed by atoms with E-state index in [4.69, 9.17) is 0 Å². The van der Waals surface area contributed by atoms with E-state index in [-0.39, 0.29) is 6.04 Å². The molecule has 0 fully saturated rings. The summed E-state index contributed by atoms with van der Waals surface area (Å²) in [6.45, 7) is 2.14. The standard InChI is InChI=1S/C14H20N4/c1-4-11-5-6-12(17-10-11)9-13(15-2)14-16-7-8-18(14)3/h5-8,10,13,15H,4,9H2,1-3H3. The molecule has 0 radical (unpaired) electrons. The second-order valence-electron chi connectivity index (χ2n) is 4.45. The molecule has 18 heavy (non-hydrogen) atoms. The normalized spacial score (nSPS) is 12.6. The van der Waals surface area contributed by atoms with Crippen molar-refractivity contribution < 1.29 is 0 Å². The number of nitrogens with zero attached hydrogens (tertiary/aromatic N) is 3. The highest BCUT2D eigenvalue weighted by Crippen LogP contribution is 2.15. The fourth-order valence-corrected chi connectivity index (χ4v) is 2.03. The summed E-state index contributed by atoms with van der Waals surface area (Å²) in [5.41, 5.74) is 2.37. The molecule has 0 saturated carbocycles. The zero-order valence-electron chi connectivity index (χ0n) is 11.2. The topological polar surface area (TPSA) is 42.7 Å². The first-order valence-electron chi connectivity index (χ1n) is 6.33. The van der Waals surface area contributed by atoms with Crippen LogP contribution < -0.4 is 5.32 Å². The number of nitrogens with one attached hydrogen (secondary N) is 1. The summed E-state index contributed by atoms with van der Waals surface area (Å²) in [7, 11) is 3.97. The Morgan fingerprint density at radius 3 is 2.67 bits per heavy atom. The third kappa shape index (κ3) is 2.76. The molecule has 2 heterocycles. The zero-order chi connectivity index (χ0) is 13.0. The summed E-state index contributed by atoms with van der Waals surface area (Å²) in [6.07, 6.45) is 7.63. The number of hydrogen-bond acceptors (Lipinski definition) is 3. The van der Waals surface area contributed by atoms with Gasteiger partial charge in [-0.1, -0.05) is 13.0 Å². The molecular formula is C14H20N4. The summed E-state index contributed by atoms with van der Waals surface area (Å²) in [5.74, 6) is 1.04. The van der Waals surface area contributed by atoms with Crippen LogP contribution in [0.15, 0.2) is 30.7 Å². The Kier molecular flexibility index (Phi) is 4.10. The van der Waals surface area contributed by atoms with E-state index in [1.807, 2.05) is 37.3 Å². The first-order chi connectivity index (χ1) is 8.74. The Hall–Kier alpha value is -1.68. The van der Waals surface area contributed by atoms with Crippen molar-refractivity contribution in [2.75, 3.05) is 7.05 Å². The van der Waals surface area contributed by atoms with Crippen LogP contribution in [0.4, 0.5) is 0 Å². The van der Waals surface area contributed by atoms with Gasteiger partial charge >= 0.3 is 0 Å². The molecular weight excluding hydrogens is 224 g/mol. The Morgan fingerprint density at radius 1 is 1.33 bits per heavy atom. The van der Waals surface area contributed by atoms with Gasteiger partial charge in [-0.25, -0.2) is 4.98 Å². The number of hydrogen-bond donors (Lipinski definition) is 1. The predicted molar refractivity (Wildman–Crippen MR) is 72.3 cm³/mol. The van der Waals surface area contributed by atoms with Crippen molar-refractivity contribution in [3.8, 4) is 0 Å². The minimum atomic E-state index is 0.199. The van der Waals surface area contributed by atoms with Gasteiger partial charge in [0.1, 0.15) is 5.82 Å². The van der Waals surface area contributed by atoms with Gasteiger partial charge in [0.15, 0.2) is 0 Å². The lowest BCUT2D eigenvalue weighted by molar-refractivity contribution is 0.532. The quantitative estimate of drug-likeness (QED) is 0.873. The molecule has 0 spiro atoms.